The summed E-state index contributed by atoms with van der Waals surface area (Å²) in [7, 11) is 0. The van der Waals surface area contributed by atoms with Gasteiger partial charge in [-0.2, -0.15) is 0 Å². The molecule has 0 aliphatic heterocycles. The average molecular weight is 251 g/mol. The zero-order valence-corrected chi connectivity index (χ0v) is 11.2. The molecule has 0 aliphatic carbocycles. The third-order valence-electron chi connectivity index (χ3n) is 3.34. The van der Waals surface area contributed by atoms with Gasteiger partial charge in [-0.25, -0.2) is 4.39 Å². The number of nitrogen functional groups attached to an aromatic ring is 1. The Balaban J connectivity index is 2.65. The predicted molar refractivity (Wildman–Crippen MR) is 73.1 cm³/mol. The van der Waals surface area contributed by atoms with Gasteiger partial charge < -0.3 is 5.73 Å². The smallest absolute Gasteiger partial charge is 0.163 e. The molecule has 0 heterocycles. The Labute approximate surface area is 108 Å². The number of halogens is 1. The van der Waals surface area contributed by atoms with Crippen LogP contribution in [0.3, 0.4) is 0 Å². The van der Waals surface area contributed by atoms with Crippen LogP contribution in [0, 0.1) is 11.7 Å². The fourth-order valence-electron chi connectivity index (χ4n) is 2.02. The maximum Gasteiger partial charge on any atom is 0.163 e. The van der Waals surface area contributed by atoms with Crippen LogP contribution in [0.4, 0.5) is 10.1 Å². The van der Waals surface area contributed by atoms with Gasteiger partial charge in [0.2, 0.25) is 0 Å². The predicted octanol–water partition coefficient (Wildman–Crippen LogP) is 4.20. The van der Waals surface area contributed by atoms with Crippen molar-refractivity contribution in [2.45, 2.75) is 46.0 Å². The van der Waals surface area contributed by atoms with E-state index in [1.165, 1.54) is 12.1 Å². The molecule has 0 saturated heterocycles. The molecule has 0 bridgehead atoms. The summed E-state index contributed by atoms with van der Waals surface area (Å²) in [6.45, 7) is 4.24. The zero-order chi connectivity index (χ0) is 13.5. The summed E-state index contributed by atoms with van der Waals surface area (Å²) in [4.78, 5) is 12.0. The van der Waals surface area contributed by atoms with Crippen LogP contribution in [0.15, 0.2) is 18.2 Å². The monoisotopic (exact) mass is 251 g/mol. The number of anilines is 1. The van der Waals surface area contributed by atoms with Crippen LogP contribution in [0.1, 0.15) is 56.3 Å². The summed E-state index contributed by atoms with van der Waals surface area (Å²) < 4.78 is 13.3. The van der Waals surface area contributed by atoms with E-state index in [0.29, 0.717) is 17.9 Å². The minimum atomic E-state index is -0.512. The molecule has 0 radical (unpaired) electrons. The Morgan fingerprint density at radius 1 is 1.39 bits per heavy atom. The van der Waals surface area contributed by atoms with Crippen LogP contribution >= 0.6 is 0 Å². The Morgan fingerprint density at radius 3 is 2.67 bits per heavy atom. The normalized spacial score (nSPS) is 12.4. The van der Waals surface area contributed by atoms with Gasteiger partial charge in [-0.05, 0) is 24.1 Å². The van der Waals surface area contributed by atoms with Gasteiger partial charge in [0.1, 0.15) is 5.82 Å². The van der Waals surface area contributed by atoms with Crippen molar-refractivity contribution in [2.75, 3.05) is 5.73 Å². The van der Waals surface area contributed by atoms with Crippen LogP contribution in [-0.2, 0) is 0 Å². The second-order valence-electron chi connectivity index (χ2n) is 4.78. The van der Waals surface area contributed by atoms with Crippen molar-refractivity contribution in [3.05, 3.63) is 29.6 Å². The van der Waals surface area contributed by atoms with E-state index >= 15 is 0 Å². The summed E-state index contributed by atoms with van der Waals surface area (Å²) in [6, 6.07) is 4.30. The number of carbonyl (C=O) groups is 1. The fourth-order valence-corrected chi connectivity index (χ4v) is 2.02. The first-order valence-electron chi connectivity index (χ1n) is 6.66. The van der Waals surface area contributed by atoms with Crippen LogP contribution in [0.5, 0.6) is 0 Å². The summed E-state index contributed by atoms with van der Waals surface area (Å²) in [5, 5.41) is 0. The van der Waals surface area contributed by atoms with Gasteiger partial charge in [0.25, 0.3) is 0 Å². The second kappa shape index (κ2) is 7.14. The summed E-state index contributed by atoms with van der Waals surface area (Å²) >= 11 is 0. The molecule has 100 valence electrons. The SMILES string of the molecule is CCCCC(CC)CC(=O)c1ccc(N)c(F)c1. The lowest BCUT2D eigenvalue weighted by Gasteiger charge is -2.13. The summed E-state index contributed by atoms with van der Waals surface area (Å²) in [6.07, 6.45) is 4.84. The van der Waals surface area contributed by atoms with Gasteiger partial charge in [0.15, 0.2) is 5.78 Å². The second-order valence-corrected chi connectivity index (χ2v) is 4.78. The molecule has 1 aromatic rings. The molecular weight excluding hydrogens is 229 g/mol. The molecular formula is C15H22FNO. The van der Waals surface area contributed by atoms with E-state index in [0.717, 1.165) is 25.7 Å². The molecule has 1 rings (SSSR count). The Bertz CT molecular complexity index is 403. The van der Waals surface area contributed by atoms with Gasteiger partial charge in [-0.1, -0.05) is 39.5 Å². The lowest BCUT2D eigenvalue weighted by molar-refractivity contribution is 0.0956. The third kappa shape index (κ3) is 4.13. The summed E-state index contributed by atoms with van der Waals surface area (Å²) in [5.74, 6) is -0.0997. The molecule has 2 N–H and O–H groups in total. The lowest BCUT2D eigenvalue weighted by atomic mass is 9.91. The van der Waals surface area contributed by atoms with E-state index in [4.69, 9.17) is 5.73 Å². The number of rotatable bonds is 7. The Morgan fingerprint density at radius 2 is 2.11 bits per heavy atom. The van der Waals surface area contributed by atoms with Crippen LogP contribution in [-0.4, -0.2) is 5.78 Å². The molecule has 1 atom stereocenters. The van der Waals surface area contributed by atoms with E-state index in [2.05, 4.69) is 13.8 Å². The fraction of sp³-hybridized carbons (Fsp3) is 0.533. The van der Waals surface area contributed by atoms with Crippen molar-refractivity contribution in [1.82, 2.24) is 0 Å². The van der Waals surface area contributed by atoms with Gasteiger partial charge in [0.05, 0.1) is 5.69 Å². The highest BCUT2D eigenvalue weighted by atomic mass is 19.1. The van der Waals surface area contributed by atoms with Gasteiger partial charge in [0, 0.05) is 12.0 Å². The average Bonchev–Trinajstić information content (AvgIpc) is 2.37. The van der Waals surface area contributed by atoms with E-state index < -0.39 is 5.82 Å². The minimum absolute atomic E-state index is 0.0110. The van der Waals surface area contributed by atoms with Crippen molar-refractivity contribution in [3.63, 3.8) is 0 Å². The maximum absolute atomic E-state index is 13.3. The molecule has 0 amide bonds. The van der Waals surface area contributed by atoms with E-state index in [1.54, 1.807) is 6.07 Å². The number of ketones is 1. The maximum atomic E-state index is 13.3. The van der Waals surface area contributed by atoms with Crippen LogP contribution in [0.2, 0.25) is 0 Å². The van der Waals surface area contributed by atoms with Gasteiger partial charge >= 0.3 is 0 Å². The highest BCUT2D eigenvalue weighted by Gasteiger charge is 2.14. The molecule has 0 aromatic heterocycles. The number of carbonyl (C=O) groups excluding carboxylic acids is 1. The molecule has 0 saturated carbocycles. The van der Waals surface area contributed by atoms with E-state index in [1.807, 2.05) is 0 Å². The van der Waals surface area contributed by atoms with Crippen LogP contribution in [0.25, 0.3) is 0 Å². The molecule has 1 unspecified atom stereocenters. The van der Waals surface area contributed by atoms with Crippen molar-refractivity contribution in [2.24, 2.45) is 5.92 Å². The van der Waals surface area contributed by atoms with E-state index in [9.17, 15) is 9.18 Å². The molecule has 0 fully saturated rings. The van der Waals surface area contributed by atoms with Crippen LogP contribution < -0.4 is 5.73 Å². The molecule has 0 spiro atoms. The molecule has 2 nitrogen and oxygen atoms in total. The topological polar surface area (TPSA) is 43.1 Å². The largest absolute Gasteiger partial charge is 0.396 e. The molecule has 18 heavy (non-hydrogen) atoms. The van der Waals surface area contributed by atoms with Gasteiger partial charge in [-0.15, -0.1) is 0 Å². The van der Waals surface area contributed by atoms with Crippen molar-refractivity contribution >= 4 is 11.5 Å². The highest BCUT2D eigenvalue weighted by molar-refractivity contribution is 5.96. The molecule has 3 heteroatoms. The lowest BCUT2D eigenvalue weighted by Crippen LogP contribution is -2.09. The highest BCUT2D eigenvalue weighted by Crippen LogP contribution is 2.20. The third-order valence-corrected chi connectivity index (χ3v) is 3.34. The van der Waals surface area contributed by atoms with Crippen molar-refractivity contribution in [1.29, 1.82) is 0 Å². The first-order valence-corrected chi connectivity index (χ1v) is 6.66. The van der Waals surface area contributed by atoms with Gasteiger partial charge in [-0.3, -0.25) is 4.79 Å². The Hall–Kier alpha value is -1.38. The number of hydrogen-bond donors (Lipinski definition) is 1. The number of benzene rings is 1. The number of hydrogen-bond acceptors (Lipinski definition) is 2. The zero-order valence-electron chi connectivity index (χ0n) is 11.2. The standard InChI is InChI=1S/C15H22FNO/c1-3-5-6-11(4-2)9-15(18)12-7-8-14(17)13(16)10-12/h7-8,10-11H,3-6,9,17H2,1-2H3. The Kier molecular flexibility index (Phi) is 5.83. The van der Waals surface area contributed by atoms with Crippen molar-refractivity contribution < 1.29 is 9.18 Å². The number of nitrogens with two attached hydrogens (primary N) is 1. The summed E-state index contributed by atoms with van der Waals surface area (Å²) in [5.41, 5.74) is 5.91. The van der Waals surface area contributed by atoms with E-state index in [-0.39, 0.29) is 11.5 Å². The molecule has 1 aromatic carbocycles. The minimum Gasteiger partial charge on any atom is -0.396 e. The number of Topliss-reactive ketones (excluding diaryl/α,β-unsaturated/α-hetero) is 1. The first kappa shape index (κ1) is 14.7. The first-order chi connectivity index (χ1) is 8.58. The quantitative estimate of drug-likeness (QED) is 0.583. The number of unbranched alkanes of at least 4 members (excludes halogenated alkanes) is 1. The van der Waals surface area contributed by atoms with Crippen molar-refractivity contribution in [3.8, 4) is 0 Å². The molecule has 0 aliphatic rings.